The maximum atomic E-state index is 2.34. The van der Waals surface area contributed by atoms with Crippen molar-refractivity contribution >= 4 is 5.69 Å². The number of hydrogen-bond acceptors (Lipinski definition) is 0. The lowest BCUT2D eigenvalue weighted by atomic mass is 10.1. The smallest absolute Gasteiger partial charge is 0.132 e. The first-order chi connectivity index (χ1) is 7.12. The van der Waals surface area contributed by atoms with Crippen molar-refractivity contribution < 1.29 is 0 Å². The van der Waals surface area contributed by atoms with Crippen LogP contribution in [-0.2, 0) is 0 Å². The Morgan fingerprint density at radius 2 is 1.40 bits per heavy atom. The van der Waals surface area contributed by atoms with Gasteiger partial charge in [-0.25, -0.2) is 0 Å². The zero-order valence-electron chi connectivity index (χ0n) is 10.6. The summed E-state index contributed by atoms with van der Waals surface area (Å²) in [6.07, 6.45) is 2.48. The topological polar surface area (TPSA) is 0 Å². The molecule has 0 atom stereocenters. The van der Waals surface area contributed by atoms with Crippen LogP contribution in [0.1, 0.15) is 32.3 Å². The molecular formula is C14H24N+. The molecule has 84 valence electrons. The van der Waals surface area contributed by atoms with Crippen LogP contribution in [0.5, 0.6) is 0 Å². The van der Waals surface area contributed by atoms with Crippen LogP contribution in [0.25, 0.3) is 0 Å². The molecule has 1 nitrogen and oxygen atoms in total. The van der Waals surface area contributed by atoms with Gasteiger partial charge in [0.25, 0.3) is 0 Å². The van der Waals surface area contributed by atoms with Gasteiger partial charge in [0.2, 0.25) is 0 Å². The second-order valence-electron chi connectivity index (χ2n) is 4.68. The molecule has 0 aliphatic rings. The molecule has 1 heteroatoms. The lowest BCUT2D eigenvalue weighted by molar-refractivity contribution is 0.330. The highest BCUT2D eigenvalue weighted by Gasteiger charge is 2.22. The zero-order valence-corrected chi connectivity index (χ0v) is 10.6. The fourth-order valence-corrected chi connectivity index (χ4v) is 2.26. The lowest BCUT2D eigenvalue weighted by Crippen LogP contribution is -2.46. The second kappa shape index (κ2) is 5.32. The van der Waals surface area contributed by atoms with E-state index in [9.17, 15) is 0 Å². The molecule has 0 saturated heterocycles. The second-order valence-corrected chi connectivity index (χ2v) is 4.68. The summed E-state index contributed by atoms with van der Waals surface area (Å²) in [6, 6.07) is 9.00. The quantitative estimate of drug-likeness (QED) is 0.644. The molecule has 1 aromatic rings. The summed E-state index contributed by atoms with van der Waals surface area (Å²) in [7, 11) is 2.34. The van der Waals surface area contributed by atoms with Crippen molar-refractivity contribution in [2.75, 3.05) is 20.1 Å². The molecular weight excluding hydrogens is 182 g/mol. The third-order valence-electron chi connectivity index (χ3n) is 3.09. The van der Waals surface area contributed by atoms with E-state index in [2.05, 4.69) is 52.1 Å². The molecule has 0 aliphatic heterocycles. The van der Waals surface area contributed by atoms with E-state index in [1.807, 2.05) is 0 Å². The SMILES string of the molecule is CCC[N+](C)(CCC)c1ccc(C)cc1. The Balaban J connectivity index is 2.92. The van der Waals surface area contributed by atoms with Gasteiger partial charge in [-0.15, -0.1) is 0 Å². The first-order valence-electron chi connectivity index (χ1n) is 6.04. The van der Waals surface area contributed by atoms with Gasteiger partial charge in [-0.05, 0) is 31.9 Å². The van der Waals surface area contributed by atoms with E-state index in [0.717, 1.165) is 4.48 Å². The molecule has 0 spiro atoms. The number of nitrogens with zero attached hydrogens (tertiary/aromatic N) is 1. The molecule has 0 heterocycles. The van der Waals surface area contributed by atoms with Crippen LogP contribution >= 0.6 is 0 Å². The van der Waals surface area contributed by atoms with Gasteiger partial charge in [-0.3, -0.25) is 4.48 Å². The van der Waals surface area contributed by atoms with Crippen molar-refractivity contribution in [2.45, 2.75) is 33.6 Å². The summed E-state index contributed by atoms with van der Waals surface area (Å²) < 4.78 is 1.08. The lowest BCUT2D eigenvalue weighted by Gasteiger charge is -2.33. The zero-order chi connectivity index (χ0) is 11.3. The molecule has 15 heavy (non-hydrogen) atoms. The van der Waals surface area contributed by atoms with E-state index >= 15 is 0 Å². The van der Waals surface area contributed by atoms with Crippen LogP contribution in [0.2, 0.25) is 0 Å². The van der Waals surface area contributed by atoms with E-state index in [0.29, 0.717) is 0 Å². The van der Waals surface area contributed by atoms with Gasteiger partial charge in [0, 0.05) is 0 Å². The Bertz CT molecular complexity index is 281. The molecule has 0 unspecified atom stereocenters. The van der Waals surface area contributed by atoms with Gasteiger partial charge in [0.1, 0.15) is 5.69 Å². The molecule has 0 N–H and O–H groups in total. The van der Waals surface area contributed by atoms with Gasteiger partial charge < -0.3 is 0 Å². The fourth-order valence-electron chi connectivity index (χ4n) is 2.26. The number of benzene rings is 1. The minimum absolute atomic E-state index is 1.08. The number of aryl methyl sites for hydroxylation is 1. The molecule has 0 bridgehead atoms. The summed E-state index contributed by atoms with van der Waals surface area (Å²) in [5.41, 5.74) is 2.79. The van der Waals surface area contributed by atoms with Crippen molar-refractivity contribution in [3.05, 3.63) is 29.8 Å². The molecule has 0 saturated carbocycles. The van der Waals surface area contributed by atoms with Gasteiger partial charge in [-0.1, -0.05) is 31.5 Å². The van der Waals surface area contributed by atoms with Gasteiger partial charge >= 0.3 is 0 Å². The minimum Gasteiger partial charge on any atom is -0.294 e. The van der Waals surface area contributed by atoms with E-state index in [4.69, 9.17) is 0 Å². The number of hydrogen-bond donors (Lipinski definition) is 0. The van der Waals surface area contributed by atoms with Gasteiger partial charge in [-0.2, -0.15) is 0 Å². The molecule has 0 radical (unpaired) electrons. The van der Waals surface area contributed by atoms with Crippen molar-refractivity contribution in [2.24, 2.45) is 0 Å². The number of quaternary nitrogens is 1. The third-order valence-corrected chi connectivity index (χ3v) is 3.09. The summed E-state index contributed by atoms with van der Waals surface area (Å²) >= 11 is 0. The Morgan fingerprint density at radius 1 is 0.933 bits per heavy atom. The fraction of sp³-hybridized carbons (Fsp3) is 0.571. The van der Waals surface area contributed by atoms with E-state index in [1.54, 1.807) is 0 Å². The third kappa shape index (κ3) is 3.07. The average Bonchev–Trinajstić information content (AvgIpc) is 2.19. The molecule has 0 aromatic heterocycles. The molecule has 0 fully saturated rings. The number of rotatable bonds is 5. The Kier molecular flexibility index (Phi) is 4.34. The predicted molar refractivity (Wildman–Crippen MR) is 69.2 cm³/mol. The summed E-state index contributed by atoms with van der Waals surface area (Å²) in [6.45, 7) is 9.14. The predicted octanol–water partition coefficient (Wildman–Crippen LogP) is 3.75. The first-order valence-corrected chi connectivity index (χ1v) is 6.04. The Morgan fingerprint density at radius 3 is 1.80 bits per heavy atom. The molecule has 1 aromatic carbocycles. The largest absolute Gasteiger partial charge is 0.294 e. The van der Waals surface area contributed by atoms with Crippen LogP contribution in [0.4, 0.5) is 5.69 Å². The molecule has 0 amide bonds. The summed E-state index contributed by atoms with van der Waals surface area (Å²) in [4.78, 5) is 0. The Labute approximate surface area is 94.3 Å². The van der Waals surface area contributed by atoms with Gasteiger partial charge in [0.15, 0.2) is 0 Å². The van der Waals surface area contributed by atoms with Crippen LogP contribution in [0.15, 0.2) is 24.3 Å². The van der Waals surface area contributed by atoms with Gasteiger partial charge in [0.05, 0.1) is 20.1 Å². The molecule has 0 aliphatic carbocycles. The van der Waals surface area contributed by atoms with Crippen LogP contribution in [0, 0.1) is 6.92 Å². The minimum atomic E-state index is 1.08. The van der Waals surface area contributed by atoms with Crippen molar-refractivity contribution in [1.29, 1.82) is 0 Å². The van der Waals surface area contributed by atoms with E-state index < -0.39 is 0 Å². The normalized spacial score (nSPS) is 11.7. The summed E-state index contributed by atoms with van der Waals surface area (Å²) in [5, 5.41) is 0. The van der Waals surface area contributed by atoms with Crippen LogP contribution < -0.4 is 4.48 Å². The monoisotopic (exact) mass is 206 g/mol. The molecule has 1 rings (SSSR count). The maximum absolute atomic E-state index is 2.34. The summed E-state index contributed by atoms with van der Waals surface area (Å²) in [5.74, 6) is 0. The maximum Gasteiger partial charge on any atom is 0.132 e. The van der Waals surface area contributed by atoms with Crippen molar-refractivity contribution in [3.8, 4) is 0 Å². The average molecular weight is 206 g/mol. The first kappa shape index (κ1) is 12.3. The van der Waals surface area contributed by atoms with Crippen molar-refractivity contribution in [3.63, 3.8) is 0 Å². The van der Waals surface area contributed by atoms with Crippen LogP contribution in [0.3, 0.4) is 0 Å². The van der Waals surface area contributed by atoms with Crippen molar-refractivity contribution in [1.82, 2.24) is 4.48 Å². The highest BCUT2D eigenvalue weighted by molar-refractivity contribution is 5.43. The standard InChI is InChI=1S/C14H24N/c1-5-11-15(4,12-6-2)14-9-7-13(3)8-10-14/h7-10H,5-6,11-12H2,1-4H3/q+1. The highest BCUT2D eigenvalue weighted by atomic mass is 15.3. The van der Waals surface area contributed by atoms with Crippen LogP contribution in [-0.4, -0.2) is 20.1 Å². The van der Waals surface area contributed by atoms with E-state index in [-0.39, 0.29) is 0 Å². The van der Waals surface area contributed by atoms with E-state index in [1.165, 1.54) is 37.2 Å². The highest BCUT2D eigenvalue weighted by Crippen LogP contribution is 2.22. The Hall–Kier alpha value is -0.820.